The number of benzene rings is 8. The van der Waals surface area contributed by atoms with Gasteiger partial charge in [0.1, 0.15) is 0 Å². The van der Waals surface area contributed by atoms with Crippen molar-refractivity contribution in [3.8, 4) is 45.3 Å². The van der Waals surface area contributed by atoms with Gasteiger partial charge >= 0.3 is 0 Å². The molecule has 9 rings (SSSR count). The summed E-state index contributed by atoms with van der Waals surface area (Å²) in [4.78, 5) is 15.0. The van der Waals surface area contributed by atoms with Crippen molar-refractivity contribution in [2.45, 2.75) is 0 Å². The average Bonchev–Trinajstić information content (AvgIpc) is 3.15. The summed E-state index contributed by atoms with van der Waals surface area (Å²) in [6.45, 7) is 0. The smallest absolute Gasteiger partial charge is 0.164 e. The van der Waals surface area contributed by atoms with Crippen LogP contribution in [0, 0.1) is 0 Å². The minimum Gasteiger partial charge on any atom is -0.208 e. The molecule has 0 radical (unpaired) electrons. The van der Waals surface area contributed by atoms with E-state index < -0.39 is 0 Å². The Morgan fingerprint density at radius 1 is 0.283 bits per heavy atom. The van der Waals surface area contributed by atoms with E-state index in [1.165, 1.54) is 43.1 Å². The Bertz CT molecular complexity index is 2480. The molecule has 0 amide bonds. The fourth-order valence-corrected chi connectivity index (χ4v) is 6.76. The number of nitrogens with zero attached hydrogens (tertiary/aromatic N) is 3. The van der Waals surface area contributed by atoms with Crippen LogP contribution in [0.1, 0.15) is 0 Å². The van der Waals surface area contributed by atoms with Crippen LogP contribution in [0.2, 0.25) is 0 Å². The molecule has 0 fully saturated rings. The molecule has 0 atom stereocenters. The third kappa shape index (κ3) is 4.33. The summed E-state index contributed by atoms with van der Waals surface area (Å²) in [5.74, 6) is 1.96. The molecular formula is C43H27N3. The van der Waals surface area contributed by atoms with Gasteiger partial charge in [-0.3, -0.25) is 0 Å². The van der Waals surface area contributed by atoms with E-state index in [1.54, 1.807) is 0 Å². The summed E-state index contributed by atoms with van der Waals surface area (Å²) in [7, 11) is 0. The van der Waals surface area contributed by atoms with E-state index >= 15 is 0 Å². The third-order valence-corrected chi connectivity index (χ3v) is 8.90. The van der Waals surface area contributed by atoms with Gasteiger partial charge in [-0.1, -0.05) is 158 Å². The molecule has 9 aromatic rings. The molecule has 0 saturated heterocycles. The first-order valence-corrected chi connectivity index (χ1v) is 15.5. The standard InChI is InChI=1S/C43H27N3/c1-3-13-28(14-4-1)41-44-42(29-15-5-2-6-16-29)46-43(45-41)39-22-12-7-17-32(39)30-23-25-33-31(27-30)24-26-38-36-20-9-8-18-34(36)35-19-10-11-21-37(35)40(33)38/h1-27H. The SMILES string of the molecule is c1ccc(-c2nc(-c3ccccc3)nc(-c3ccccc3-c3ccc4c(ccc5c6ccccc6c6ccccc6c45)c3)n2)cc1. The molecular weight excluding hydrogens is 558 g/mol. The molecule has 0 aliphatic heterocycles. The largest absolute Gasteiger partial charge is 0.208 e. The van der Waals surface area contributed by atoms with E-state index in [9.17, 15) is 0 Å². The van der Waals surface area contributed by atoms with Crippen LogP contribution >= 0.6 is 0 Å². The van der Waals surface area contributed by atoms with Gasteiger partial charge in [-0.2, -0.15) is 0 Å². The molecule has 0 saturated carbocycles. The Morgan fingerprint density at radius 2 is 0.739 bits per heavy atom. The zero-order chi connectivity index (χ0) is 30.5. The molecule has 0 bridgehead atoms. The molecule has 46 heavy (non-hydrogen) atoms. The maximum Gasteiger partial charge on any atom is 0.164 e. The normalized spacial score (nSPS) is 11.5. The van der Waals surface area contributed by atoms with E-state index in [0.717, 1.165) is 27.8 Å². The lowest BCUT2D eigenvalue weighted by molar-refractivity contribution is 1.07. The Labute approximate surface area is 266 Å². The van der Waals surface area contributed by atoms with Crippen molar-refractivity contribution >= 4 is 43.1 Å². The Balaban J connectivity index is 1.25. The van der Waals surface area contributed by atoms with Gasteiger partial charge < -0.3 is 0 Å². The quantitative estimate of drug-likeness (QED) is 0.193. The van der Waals surface area contributed by atoms with Crippen molar-refractivity contribution < 1.29 is 0 Å². The zero-order valence-electron chi connectivity index (χ0n) is 24.9. The van der Waals surface area contributed by atoms with Crippen LogP contribution in [0.3, 0.4) is 0 Å². The van der Waals surface area contributed by atoms with E-state index in [4.69, 9.17) is 15.0 Å². The summed E-state index contributed by atoms with van der Waals surface area (Å²) < 4.78 is 0. The van der Waals surface area contributed by atoms with E-state index in [2.05, 4.69) is 103 Å². The monoisotopic (exact) mass is 585 g/mol. The second kappa shape index (κ2) is 10.8. The van der Waals surface area contributed by atoms with Crippen molar-refractivity contribution in [2.75, 3.05) is 0 Å². The molecule has 3 heteroatoms. The van der Waals surface area contributed by atoms with Crippen LogP contribution in [0.4, 0.5) is 0 Å². The molecule has 3 nitrogen and oxygen atoms in total. The fourth-order valence-electron chi connectivity index (χ4n) is 6.76. The minimum atomic E-state index is 0.652. The van der Waals surface area contributed by atoms with Crippen LogP contribution in [-0.4, -0.2) is 15.0 Å². The summed E-state index contributed by atoms with van der Waals surface area (Å²) in [5, 5.41) is 10.2. The van der Waals surface area contributed by atoms with Gasteiger partial charge in [0.25, 0.3) is 0 Å². The maximum absolute atomic E-state index is 5.03. The highest BCUT2D eigenvalue weighted by molar-refractivity contribution is 6.31. The zero-order valence-corrected chi connectivity index (χ0v) is 24.9. The van der Waals surface area contributed by atoms with Crippen molar-refractivity contribution in [1.29, 1.82) is 0 Å². The van der Waals surface area contributed by atoms with E-state index in [-0.39, 0.29) is 0 Å². The molecule has 0 spiro atoms. The predicted octanol–water partition coefficient (Wildman–Crippen LogP) is 11.2. The van der Waals surface area contributed by atoms with Gasteiger partial charge in [-0.15, -0.1) is 0 Å². The maximum atomic E-state index is 5.03. The Kier molecular flexibility index (Phi) is 6.14. The van der Waals surface area contributed by atoms with Crippen LogP contribution in [0.15, 0.2) is 164 Å². The highest BCUT2D eigenvalue weighted by Gasteiger charge is 2.17. The van der Waals surface area contributed by atoms with Gasteiger partial charge in [0.15, 0.2) is 17.5 Å². The van der Waals surface area contributed by atoms with Crippen LogP contribution in [0.25, 0.3) is 88.4 Å². The number of rotatable bonds is 4. The van der Waals surface area contributed by atoms with Gasteiger partial charge in [0, 0.05) is 16.7 Å². The average molecular weight is 586 g/mol. The van der Waals surface area contributed by atoms with Crippen molar-refractivity contribution in [2.24, 2.45) is 0 Å². The van der Waals surface area contributed by atoms with Gasteiger partial charge in [-0.05, 0) is 60.3 Å². The summed E-state index contributed by atoms with van der Waals surface area (Å²) in [5.41, 5.74) is 5.08. The van der Waals surface area contributed by atoms with Gasteiger partial charge in [-0.25, -0.2) is 15.0 Å². The van der Waals surface area contributed by atoms with Crippen molar-refractivity contribution in [1.82, 2.24) is 15.0 Å². The predicted molar refractivity (Wildman–Crippen MR) is 192 cm³/mol. The fraction of sp³-hybridized carbons (Fsp3) is 0. The second-order valence-corrected chi connectivity index (χ2v) is 11.6. The van der Waals surface area contributed by atoms with E-state index in [0.29, 0.717) is 17.5 Å². The van der Waals surface area contributed by atoms with Crippen LogP contribution < -0.4 is 0 Å². The molecule has 0 N–H and O–H groups in total. The topological polar surface area (TPSA) is 38.7 Å². The molecule has 1 heterocycles. The van der Waals surface area contributed by atoms with Gasteiger partial charge in [0.2, 0.25) is 0 Å². The lowest BCUT2D eigenvalue weighted by Gasteiger charge is -2.15. The highest BCUT2D eigenvalue weighted by Crippen LogP contribution is 2.40. The second-order valence-electron chi connectivity index (χ2n) is 11.6. The number of hydrogen-bond acceptors (Lipinski definition) is 3. The number of aromatic nitrogens is 3. The highest BCUT2D eigenvalue weighted by atomic mass is 15.0. The summed E-state index contributed by atoms with van der Waals surface area (Å²) in [6, 6.07) is 57.5. The summed E-state index contributed by atoms with van der Waals surface area (Å²) in [6.07, 6.45) is 0. The molecule has 214 valence electrons. The van der Waals surface area contributed by atoms with E-state index in [1.807, 2.05) is 60.7 Å². The Hall–Kier alpha value is -6.19. The Morgan fingerprint density at radius 3 is 1.37 bits per heavy atom. The lowest BCUT2D eigenvalue weighted by Crippen LogP contribution is -2.01. The van der Waals surface area contributed by atoms with Crippen molar-refractivity contribution in [3.63, 3.8) is 0 Å². The lowest BCUT2D eigenvalue weighted by atomic mass is 9.90. The summed E-state index contributed by atoms with van der Waals surface area (Å²) >= 11 is 0. The van der Waals surface area contributed by atoms with Crippen LogP contribution in [0.5, 0.6) is 0 Å². The third-order valence-electron chi connectivity index (χ3n) is 8.90. The molecule has 0 unspecified atom stereocenters. The number of hydrogen-bond donors (Lipinski definition) is 0. The minimum absolute atomic E-state index is 0.652. The van der Waals surface area contributed by atoms with Crippen LogP contribution in [-0.2, 0) is 0 Å². The van der Waals surface area contributed by atoms with Crippen molar-refractivity contribution in [3.05, 3.63) is 164 Å². The molecule has 0 aliphatic carbocycles. The molecule has 0 aliphatic rings. The molecule has 1 aromatic heterocycles. The molecule has 8 aromatic carbocycles. The number of fused-ring (bicyclic) bond motifs is 8. The first-order chi connectivity index (χ1) is 22.8. The van der Waals surface area contributed by atoms with Gasteiger partial charge in [0.05, 0.1) is 0 Å². The first kappa shape index (κ1) is 26.2. The first-order valence-electron chi connectivity index (χ1n) is 15.5.